The van der Waals surface area contributed by atoms with Crippen LogP contribution in [0.2, 0.25) is 0 Å². The lowest BCUT2D eigenvalue weighted by molar-refractivity contribution is 0.257. The van der Waals surface area contributed by atoms with E-state index in [0.717, 1.165) is 45.2 Å². The maximum absolute atomic E-state index is 6.90. The predicted molar refractivity (Wildman–Crippen MR) is 223 cm³/mol. The quantitative estimate of drug-likeness (QED) is 0.198. The molecule has 4 nitrogen and oxygen atoms in total. The first kappa shape index (κ1) is 31.7. The molecule has 0 aromatic heterocycles. The Kier molecular flexibility index (Phi) is 7.16. The molecular weight excluding hydrogens is 671 g/mol. The van der Waals surface area contributed by atoms with Gasteiger partial charge >= 0.3 is 0 Å². The van der Waals surface area contributed by atoms with Gasteiger partial charge in [0.1, 0.15) is 29.7 Å². The van der Waals surface area contributed by atoms with Gasteiger partial charge in [-0.15, -0.1) is 0 Å². The second kappa shape index (κ2) is 12.4. The minimum atomic E-state index is -0.495. The van der Waals surface area contributed by atoms with Crippen LogP contribution in [-0.2, 0) is 5.41 Å². The van der Waals surface area contributed by atoms with Gasteiger partial charge in [-0.25, -0.2) is 4.99 Å². The second-order valence-electron chi connectivity index (χ2n) is 14.7. The highest BCUT2D eigenvalue weighted by molar-refractivity contribution is 6.05. The minimum Gasteiger partial charge on any atom is -0.457 e. The van der Waals surface area contributed by atoms with Crippen molar-refractivity contribution in [2.45, 2.75) is 17.7 Å². The molecule has 55 heavy (non-hydrogen) atoms. The third kappa shape index (κ3) is 4.78. The lowest BCUT2D eigenvalue weighted by Gasteiger charge is -2.40. The van der Waals surface area contributed by atoms with Crippen LogP contribution in [0.25, 0.3) is 33.0 Å². The topological polar surface area (TPSA) is 36.9 Å². The summed E-state index contributed by atoms with van der Waals surface area (Å²) in [5.41, 5.74) is 12.5. The van der Waals surface area contributed by atoms with Crippen LogP contribution < -0.4 is 10.1 Å². The van der Waals surface area contributed by atoms with Crippen LogP contribution in [-0.4, -0.2) is 17.8 Å². The normalized spacial score (nSPS) is 17.5. The Labute approximate surface area is 321 Å². The molecule has 1 aliphatic carbocycles. The summed E-state index contributed by atoms with van der Waals surface area (Å²) in [7, 11) is 2.14. The molecule has 1 N–H and O–H groups in total. The SMILES string of the molecule is CN1C(c2ccccc2-c2ccc3c(c2)Oc2ccccc2C32c3ccccc3-c3ccccc32)=NC(c2ccc3ccccc3c2)NC1c1ccccc1. The predicted octanol–water partition coefficient (Wildman–Crippen LogP) is 11.7. The first-order valence-electron chi connectivity index (χ1n) is 19.0. The summed E-state index contributed by atoms with van der Waals surface area (Å²) in [6.07, 6.45) is -0.344. The zero-order valence-corrected chi connectivity index (χ0v) is 30.4. The summed E-state index contributed by atoms with van der Waals surface area (Å²) in [6, 6.07) is 67.6. The number of nitrogens with zero attached hydrogens (tertiary/aromatic N) is 2. The van der Waals surface area contributed by atoms with E-state index in [9.17, 15) is 0 Å². The molecule has 1 spiro atoms. The number of rotatable bonds is 4. The smallest absolute Gasteiger partial charge is 0.134 e. The van der Waals surface area contributed by atoms with Crippen LogP contribution in [0.3, 0.4) is 0 Å². The molecule has 2 aliphatic heterocycles. The van der Waals surface area contributed by atoms with Crippen LogP contribution >= 0.6 is 0 Å². The number of hydrogen-bond acceptors (Lipinski definition) is 4. The minimum absolute atomic E-state index is 0.0936. The number of aliphatic imine (C=N–C) groups is 1. The largest absolute Gasteiger partial charge is 0.457 e. The molecule has 2 unspecified atom stereocenters. The standard InChI is InChI=1S/C51H37N3O/c1-54-49(34-16-3-2-4-17-34)52-48(37-28-27-33-15-5-6-18-35(33)31-37)53-50(54)41-22-8-7-19-38(41)36-29-30-45-47(32-36)55-46-26-14-13-25-44(46)51(45)42-23-11-9-20-39(42)40-21-10-12-24-43(40)51/h2-32,48-49,52H,1H3. The first-order chi connectivity index (χ1) is 27.2. The summed E-state index contributed by atoms with van der Waals surface area (Å²) in [4.78, 5) is 7.77. The molecule has 11 rings (SSSR count). The van der Waals surface area contributed by atoms with Gasteiger partial charge in [0.2, 0.25) is 0 Å². The van der Waals surface area contributed by atoms with Gasteiger partial charge < -0.3 is 9.64 Å². The van der Waals surface area contributed by atoms with E-state index >= 15 is 0 Å². The molecule has 8 aromatic rings. The van der Waals surface area contributed by atoms with Crippen molar-refractivity contribution in [1.29, 1.82) is 0 Å². The molecule has 0 fully saturated rings. The van der Waals surface area contributed by atoms with Crippen molar-refractivity contribution in [2.24, 2.45) is 4.99 Å². The van der Waals surface area contributed by atoms with Gasteiger partial charge in [-0.2, -0.15) is 0 Å². The number of nitrogens with one attached hydrogen (secondary N) is 1. The van der Waals surface area contributed by atoms with Gasteiger partial charge in [0.25, 0.3) is 0 Å². The average molecular weight is 708 g/mol. The van der Waals surface area contributed by atoms with Crippen molar-refractivity contribution in [1.82, 2.24) is 10.2 Å². The van der Waals surface area contributed by atoms with Crippen molar-refractivity contribution in [3.05, 3.63) is 227 Å². The highest BCUT2D eigenvalue weighted by Gasteiger charge is 2.51. The fourth-order valence-electron chi connectivity index (χ4n) is 9.36. The van der Waals surface area contributed by atoms with Gasteiger partial charge in [0.15, 0.2) is 0 Å². The van der Waals surface area contributed by atoms with E-state index in [0.29, 0.717) is 0 Å². The van der Waals surface area contributed by atoms with Gasteiger partial charge in [-0.3, -0.25) is 5.32 Å². The highest BCUT2D eigenvalue weighted by Crippen LogP contribution is 2.62. The fraction of sp³-hybridized carbons (Fsp3) is 0.0784. The number of para-hydroxylation sites is 1. The number of hydrogen-bond donors (Lipinski definition) is 1. The molecule has 262 valence electrons. The third-order valence-corrected chi connectivity index (χ3v) is 11.8. The fourth-order valence-corrected chi connectivity index (χ4v) is 9.36. The van der Waals surface area contributed by atoms with Crippen molar-refractivity contribution >= 4 is 16.6 Å². The van der Waals surface area contributed by atoms with E-state index in [1.54, 1.807) is 0 Å². The van der Waals surface area contributed by atoms with E-state index in [2.05, 4.69) is 205 Å². The third-order valence-electron chi connectivity index (χ3n) is 11.8. The van der Waals surface area contributed by atoms with Crippen molar-refractivity contribution in [3.63, 3.8) is 0 Å². The van der Waals surface area contributed by atoms with Gasteiger partial charge in [0.05, 0.1) is 5.41 Å². The number of ether oxygens (including phenoxy) is 1. The van der Waals surface area contributed by atoms with E-state index in [4.69, 9.17) is 9.73 Å². The molecule has 2 atom stereocenters. The molecule has 0 bridgehead atoms. The zero-order valence-electron chi connectivity index (χ0n) is 30.4. The van der Waals surface area contributed by atoms with Crippen LogP contribution in [0.5, 0.6) is 11.5 Å². The Hall–Kier alpha value is -6.75. The van der Waals surface area contributed by atoms with Gasteiger partial charge in [-0.05, 0) is 73.5 Å². The molecule has 0 amide bonds. The number of fused-ring (bicyclic) bond motifs is 10. The molecule has 0 saturated carbocycles. The lowest BCUT2D eigenvalue weighted by Crippen LogP contribution is -2.46. The molecule has 4 heteroatoms. The summed E-state index contributed by atoms with van der Waals surface area (Å²) in [5, 5.41) is 6.30. The molecular formula is C51H37N3O. The Balaban J connectivity index is 1.08. The number of amidine groups is 1. The average Bonchev–Trinajstić information content (AvgIpc) is 3.54. The molecule has 8 aromatic carbocycles. The van der Waals surface area contributed by atoms with Crippen LogP contribution in [0, 0.1) is 0 Å². The molecule has 0 radical (unpaired) electrons. The second-order valence-corrected chi connectivity index (χ2v) is 14.7. The maximum Gasteiger partial charge on any atom is 0.134 e. The van der Waals surface area contributed by atoms with Crippen molar-refractivity contribution < 1.29 is 4.74 Å². The summed E-state index contributed by atoms with van der Waals surface area (Å²) in [5.74, 6) is 2.69. The Bertz CT molecular complexity index is 2780. The Morgan fingerprint density at radius 3 is 1.85 bits per heavy atom. The van der Waals surface area contributed by atoms with E-state index < -0.39 is 5.41 Å². The number of benzene rings is 8. The zero-order chi connectivity index (χ0) is 36.5. The van der Waals surface area contributed by atoms with Crippen LogP contribution in [0.15, 0.2) is 193 Å². The molecule has 2 heterocycles. The first-order valence-corrected chi connectivity index (χ1v) is 19.0. The summed E-state index contributed by atoms with van der Waals surface area (Å²) < 4.78 is 6.90. The van der Waals surface area contributed by atoms with Gasteiger partial charge in [0, 0.05) is 23.7 Å². The van der Waals surface area contributed by atoms with Crippen molar-refractivity contribution in [2.75, 3.05) is 7.05 Å². The Morgan fingerprint density at radius 1 is 0.491 bits per heavy atom. The highest BCUT2D eigenvalue weighted by atomic mass is 16.5. The summed E-state index contributed by atoms with van der Waals surface area (Å²) in [6.45, 7) is 0. The van der Waals surface area contributed by atoms with E-state index in [-0.39, 0.29) is 12.3 Å². The van der Waals surface area contributed by atoms with Crippen molar-refractivity contribution in [3.8, 4) is 33.8 Å². The van der Waals surface area contributed by atoms with E-state index in [1.165, 1.54) is 44.2 Å². The summed E-state index contributed by atoms with van der Waals surface area (Å²) >= 11 is 0. The molecule has 0 saturated heterocycles. The van der Waals surface area contributed by atoms with E-state index in [1.807, 2.05) is 0 Å². The maximum atomic E-state index is 6.90. The molecule has 3 aliphatic rings. The monoisotopic (exact) mass is 707 g/mol. The van der Waals surface area contributed by atoms with Crippen LogP contribution in [0.1, 0.15) is 51.3 Å². The van der Waals surface area contributed by atoms with Gasteiger partial charge in [-0.1, -0.05) is 170 Å². The van der Waals surface area contributed by atoms with Crippen LogP contribution in [0.4, 0.5) is 0 Å². The Morgan fingerprint density at radius 2 is 1.09 bits per heavy atom. The lowest BCUT2D eigenvalue weighted by atomic mass is 9.66.